The van der Waals surface area contributed by atoms with Crippen LogP contribution in [0.3, 0.4) is 0 Å². The Kier molecular flexibility index (Phi) is 4.71. The van der Waals surface area contributed by atoms with Crippen LogP contribution in [0, 0.1) is 0 Å². The van der Waals surface area contributed by atoms with Crippen molar-refractivity contribution < 1.29 is 4.79 Å². The molecule has 0 saturated carbocycles. The predicted octanol–water partition coefficient (Wildman–Crippen LogP) is 1.16. The number of hydrogen-bond donors (Lipinski definition) is 1. The number of piperidine rings is 1. The van der Waals surface area contributed by atoms with Gasteiger partial charge in [-0.05, 0) is 39.8 Å². The van der Waals surface area contributed by atoms with Gasteiger partial charge in [0.1, 0.15) is 0 Å². The van der Waals surface area contributed by atoms with Crippen molar-refractivity contribution in [2.75, 3.05) is 13.1 Å². The van der Waals surface area contributed by atoms with E-state index >= 15 is 0 Å². The molecule has 13 heavy (non-hydrogen) atoms. The maximum atomic E-state index is 11.1. The molecule has 78 valence electrons. The Labute approximate surface area is 86.1 Å². The average Bonchev–Trinajstić information content (AvgIpc) is 2.06. The number of carbonyl (C=O) groups is 1. The number of primary amides is 1. The molecule has 1 rings (SSSR count). The molecule has 1 heterocycles. The van der Waals surface area contributed by atoms with Gasteiger partial charge in [0.15, 0.2) is 0 Å². The van der Waals surface area contributed by atoms with E-state index in [2.05, 4.69) is 4.90 Å². The van der Waals surface area contributed by atoms with Crippen LogP contribution in [0.5, 0.6) is 0 Å². The molecule has 0 aromatic carbocycles. The molecule has 2 N–H and O–H groups in total. The zero-order valence-corrected chi connectivity index (χ0v) is 9.19. The Hall–Kier alpha value is -0.280. The minimum Gasteiger partial charge on any atom is -0.368 e. The van der Waals surface area contributed by atoms with Gasteiger partial charge in [-0.2, -0.15) is 0 Å². The van der Waals surface area contributed by atoms with Crippen molar-refractivity contribution in [1.82, 2.24) is 4.90 Å². The minimum atomic E-state index is -0.458. The molecule has 0 aromatic heterocycles. The topological polar surface area (TPSA) is 46.3 Å². The van der Waals surface area contributed by atoms with Gasteiger partial charge in [-0.25, -0.2) is 0 Å². The summed E-state index contributed by atoms with van der Waals surface area (Å²) in [5.41, 5.74) is 4.86. The van der Waals surface area contributed by atoms with Crippen molar-refractivity contribution in [3.05, 3.63) is 0 Å². The van der Waals surface area contributed by atoms with Crippen LogP contribution in [-0.4, -0.2) is 29.4 Å². The molecule has 0 spiro atoms. The summed E-state index contributed by atoms with van der Waals surface area (Å²) in [6.07, 6.45) is 3.67. The first-order valence-corrected chi connectivity index (χ1v) is 4.60. The first-order valence-electron chi connectivity index (χ1n) is 4.60. The quantitative estimate of drug-likeness (QED) is 0.737. The number of nitrogens with zero attached hydrogens (tertiary/aromatic N) is 1. The van der Waals surface area contributed by atoms with E-state index in [-0.39, 0.29) is 18.3 Å². The molecule has 0 aliphatic carbocycles. The molecule has 1 saturated heterocycles. The molecule has 1 aliphatic heterocycles. The Morgan fingerprint density at radius 1 is 1.23 bits per heavy atom. The molecule has 0 radical (unpaired) electrons. The zero-order valence-electron chi connectivity index (χ0n) is 8.38. The Balaban J connectivity index is 0.00000144. The van der Waals surface area contributed by atoms with E-state index in [0.29, 0.717) is 0 Å². The number of hydrogen-bond acceptors (Lipinski definition) is 2. The predicted molar refractivity (Wildman–Crippen MR) is 55.9 cm³/mol. The number of amides is 1. The van der Waals surface area contributed by atoms with E-state index in [1.54, 1.807) is 0 Å². The van der Waals surface area contributed by atoms with Crippen LogP contribution in [0.25, 0.3) is 0 Å². The fraction of sp³-hybridized carbons (Fsp3) is 0.889. The molecule has 0 atom stereocenters. The van der Waals surface area contributed by atoms with Crippen molar-refractivity contribution in [2.24, 2.45) is 5.73 Å². The first-order chi connectivity index (χ1) is 5.55. The van der Waals surface area contributed by atoms with Gasteiger partial charge in [0.25, 0.3) is 0 Å². The van der Waals surface area contributed by atoms with Gasteiger partial charge in [-0.3, -0.25) is 9.69 Å². The van der Waals surface area contributed by atoms with Gasteiger partial charge in [0.2, 0.25) is 5.91 Å². The van der Waals surface area contributed by atoms with Gasteiger partial charge in [0.05, 0.1) is 5.54 Å². The van der Waals surface area contributed by atoms with Crippen LogP contribution in [0.15, 0.2) is 0 Å². The number of rotatable bonds is 2. The molecular formula is C9H19ClN2O. The van der Waals surface area contributed by atoms with Crippen LogP contribution in [0.4, 0.5) is 0 Å². The second-order valence-electron chi connectivity index (χ2n) is 3.97. The van der Waals surface area contributed by atoms with Gasteiger partial charge >= 0.3 is 0 Å². The van der Waals surface area contributed by atoms with E-state index in [1.165, 1.54) is 19.3 Å². The van der Waals surface area contributed by atoms with Gasteiger partial charge < -0.3 is 5.73 Å². The van der Waals surface area contributed by atoms with Crippen molar-refractivity contribution >= 4 is 18.3 Å². The number of halogens is 1. The molecule has 4 heteroatoms. The number of likely N-dealkylation sites (tertiary alicyclic amines) is 1. The maximum absolute atomic E-state index is 11.1. The van der Waals surface area contributed by atoms with Gasteiger partial charge in [-0.15, -0.1) is 12.4 Å². The molecule has 0 bridgehead atoms. The lowest BCUT2D eigenvalue weighted by Crippen LogP contribution is -2.54. The SMILES string of the molecule is CC(C)(C(N)=O)N1CCCCC1.Cl. The lowest BCUT2D eigenvalue weighted by atomic mass is 9.98. The largest absolute Gasteiger partial charge is 0.368 e. The average molecular weight is 207 g/mol. The van der Waals surface area contributed by atoms with Gasteiger partial charge in [-0.1, -0.05) is 6.42 Å². The summed E-state index contributed by atoms with van der Waals surface area (Å²) < 4.78 is 0. The van der Waals surface area contributed by atoms with E-state index in [1.807, 2.05) is 13.8 Å². The van der Waals surface area contributed by atoms with Crippen molar-refractivity contribution in [3.8, 4) is 0 Å². The molecule has 3 nitrogen and oxygen atoms in total. The fourth-order valence-corrected chi connectivity index (χ4v) is 1.61. The van der Waals surface area contributed by atoms with Crippen LogP contribution < -0.4 is 5.73 Å². The van der Waals surface area contributed by atoms with Crippen LogP contribution >= 0.6 is 12.4 Å². The second kappa shape index (κ2) is 4.82. The van der Waals surface area contributed by atoms with Crippen LogP contribution in [-0.2, 0) is 4.79 Å². The van der Waals surface area contributed by atoms with Crippen molar-refractivity contribution in [1.29, 1.82) is 0 Å². The molecule has 1 fully saturated rings. The van der Waals surface area contributed by atoms with E-state index < -0.39 is 5.54 Å². The lowest BCUT2D eigenvalue weighted by Gasteiger charge is -2.38. The third-order valence-corrected chi connectivity index (χ3v) is 2.75. The maximum Gasteiger partial charge on any atom is 0.237 e. The number of nitrogens with two attached hydrogens (primary N) is 1. The summed E-state index contributed by atoms with van der Waals surface area (Å²) in [4.78, 5) is 13.3. The Bertz CT molecular complexity index is 176. The Morgan fingerprint density at radius 2 is 1.69 bits per heavy atom. The molecule has 0 aromatic rings. The molecule has 1 amide bonds. The summed E-state index contributed by atoms with van der Waals surface area (Å²) in [7, 11) is 0. The minimum absolute atomic E-state index is 0. The molecule has 1 aliphatic rings. The monoisotopic (exact) mass is 206 g/mol. The van der Waals surface area contributed by atoms with Crippen LogP contribution in [0.1, 0.15) is 33.1 Å². The normalized spacial score (nSPS) is 19.2. The van der Waals surface area contributed by atoms with Gasteiger partial charge in [0, 0.05) is 0 Å². The fourth-order valence-electron chi connectivity index (χ4n) is 1.61. The zero-order chi connectivity index (χ0) is 9.19. The van der Waals surface area contributed by atoms with Crippen molar-refractivity contribution in [2.45, 2.75) is 38.6 Å². The van der Waals surface area contributed by atoms with Crippen molar-refractivity contribution in [3.63, 3.8) is 0 Å². The first kappa shape index (κ1) is 12.7. The standard InChI is InChI=1S/C9H18N2O.ClH/c1-9(2,8(10)12)11-6-4-3-5-7-11;/h3-7H2,1-2H3,(H2,10,12);1H. The highest BCUT2D eigenvalue weighted by molar-refractivity contribution is 5.85. The lowest BCUT2D eigenvalue weighted by molar-refractivity contribution is -0.128. The summed E-state index contributed by atoms with van der Waals surface area (Å²) in [5, 5.41) is 0. The summed E-state index contributed by atoms with van der Waals surface area (Å²) >= 11 is 0. The summed E-state index contributed by atoms with van der Waals surface area (Å²) in [5.74, 6) is -0.218. The summed E-state index contributed by atoms with van der Waals surface area (Å²) in [6, 6.07) is 0. The second-order valence-corrected chi connectivity index (χ2v) is 3.97. The smallest absolute Gasteiger partial charge is 0.237 e. The van der Waals surface area contributed by atoms with E-state index in [4.69, 9.17) is 5.73 Å². The third kappa shape index (κ3) is 2.85. The highest BCUT2D eigenvalue weighted by Crippen LogP contribution is 2.19. The summed E-state index contributed by atoms with van der Waals surface area (Å²) in [6.45, 7) is 5.83. The number of carbonyl (C=O) groups excluding carboxylic acids is 1. The molecular weight excluding hydrogens is 188 g/mol. The van der Waals surface area contributed by atoms with E-state index in [0.717, 1.165) is 13.1 Å². The highest BCUT2D eigenvalue weighted by atomic mass is 35.5. The molecule has 0 unspecified atom stereocenters. The Morgan fingerprint density at radius 3 is 2.08 bits per heavy atom. The van der Waals surface area contributed by atoms with Crippen LogP contribution in [0.2, 0.25) is 0 Å². The third-order valence-electron chi connectivity index (χ3n) is 2.75. The highest BCUT2D eigenvalue weighted by Gasteiger charge is 2.32. The van der Waals surface area contributed by atoms with E-state index in [9.17, 15) is 4.79 Å².